The van der Waals surface area contributed by atoms with E-state index >= 15 is 0 Å². The third-order valence-electron chi connectivity index (χ3n) is 2.74. The van der Waals surface area contributed by atoms with Crippen LogP contribution in [0.4, 0.5) is 4.79 Å². The average Bonchev–Trinajstić information content (AvgIpc) is 2.43. The SMILES string of the molecule is CSc1ccc(Cl)c(C(=O)O[C@@H](C(=O)NC(N)=O)C(C)C)c1. The number of nitrogens with one attached hydrogen (secondary N) is 1. The summed E-state index contributed by atoms with van der Waals surface area (Å²) in [4.78, 5) is 35.7. The number of amides is 3. The van der Waals surface area contributed by atoms with Crippen LogP contribution in [0, 0.1) is 5.92 Å². The first-order chi connectivity index (χ1) is 10.3. The van der Waals surface area contributed by atoms with Gasteiger partial charge in [0.1, 0.15) is 0 Å². The quantitative estimate of drug-likeness (QED) is 0.631. The molecule has 1 aromatic rings. The highest BCUT2D eigenvalue weighted by Crippen LogP contribution is 2.24. The Morgan fingerprint density at radius 2 is 1.95 bits per heavy atom. The Morgan fingerprint density at radius 1 is 1.32 bits per heavy atom. The molecule has 0 aliphatic rings. The number of rotatable bonds is 5. The molecule has 120 valence electrons. The molecular weight excluding hydrogens is 328 g/mol. The van der Waals surface area contributed by atoms with Crippen LogP contribution in [-0.2, 0) is 9.53 Å². The summed E-state index contributed by atoms with van der Waals surface area (Å²) >= 11 is 7.43. The minimum absolute atomic E-state index is 0.158. The molecule has 0 aliphatic heterocycles. The van der Waals surface area contributed by atoms with Gasteiger partial charge in [-0.1, -0.05) is 25.4 Å². The molecule has 1 atom stereocenters. The molecule has 22 heavy (non-hydrogen) atoms. The number of imide groups is 1. The molecular formula is C14H17ClN2O4S. The summed E-state index contributed by atoms with van der Waals surface area (Å²) in [5, 5.41) is 2.13. The van der Waals surface area contributed by atoms with Crippen molar-refractivity contribution in [3.05, 3.63) is 28.8 Å². The van der Waals surface area contributed by atoms with Gasteiger partial charge in [0.05, 0.1) is 10.6 Å². The minimum atomic E-state index is -1.14. The summed E-state index contributed by atoms with van der Waals surface area (Å²) in [6, 6.07) is 3.93. The van der Waals surface area contributed by atoms with Crippen LogP contribution in [0.3, 0.4) is 0 Å². The molecule has 6 nitrogen and oxygen atoms in total. The molecule has 1 rings (SSSR count). The lowest BCUT2D eigenvalue weighted by Crippen LogP contribution is -2.45. The van der Waals surface area contributed by atoms with E-state index < -0.39 is 24.0 Å². The molecule has 3 N–H and O–H groups in total. The van der Waals surface area contributed by atoms with Crippen LogP contribution in [-0.4, -0.2) is 30.3 Å². The van der Waals surface area contributed by atoms with Gasteiger partial charge in [0, 0.05) is 4.90 Å². The highest BCUT2D eigenvalue weighted by Gasteiger charge is 2.28. The Morgan fingerprint density at radius 3 is 2.45 bits per heavy atom. The fourth-order valence-electron chi connectivity index (χ4n) is 1.65. The van der Waals surface area contributed by atoms with Crippen molar-refractivity contribution in [2.45, 2.75) is 24.8 Å². The number of carbonyl (C=O) groups is 3. The number of carbonyl (C=O) groups excluding carboxylic acids is 3. The second-order valence-corrected chi connectivity index (χ2v) is 6.06. The van der Waals surface area contributed by atoms with E-state index in [1.54, 1.807) is 32.0 Å². The molecule has 0 saturated carbocycles. The van der Waals surface area contributed by atoms with E-state index in [0.717, 1.165) is 4.90 Å². The number of urea groups is 1. The fourth-order valence-corrected chi connectivity index (χ4v) is 2.29. The Labute approximate surface area is 137 Å². The first kappa shape index (κ1) is 18.3. The van der Waals surface area contributed by atoms with Crippen LogP contribution >= 0.6 is 23.4 Å². The summed E-state index contributed by atoms with van der Waals surface area (Å²) in [6.45, 7) is 3.36. The topological polar surface area (TPSA) is 98.5 Å². The molecule has 0 aromatic heterocycles. The molecule has 0 aliphatic carbocycles. The molecule has 8 heteroatoms. The van der Waals surface area contributed by atoms with Crippen molar-refractivity contribution < 1.29 is 19.1 Å². The van der Waals surface area contributed by atoms with E-state index in [4.69, 9.17) is 22.1 Å². The summed E-state index contributed by atoms with van der Waals surface area (Å²) < 4.78 is 5.19. The Hall–Kier alpha value is -1.73. The van der Waals surface area contributed by atoms with E-state index in [9.17, 15) is 14.4 Å². The molecule has 0 saturated heterocycles. The van der Waals surface area contributed by atoms with Crippen LogP contribution in [0.25, 0.3) is 0 Å². The van der Waals surface area contributed by atoms with Gasteiger partial charge in [-0.2, -0.15) is 0 Å². The third kappa shape index (κ3) is 4.92. The van der Waals surface area contributed by atoms with Gasteiger partial charge in [-0.3, -0.25) is 10.1 Å². The number of primary amides is 1. The van der Waals surface area contributed by atoms with E-state index in [0.29, 0.717) is 0 Å². The van der Waals surface area contributed by atoms with Gasteiger partial charge in [-0.25, -0.2) is 9.59 Å². The summed E-state index contributed by atoms with van der Waals surface area (Å²) in [5.74, 6) is -1.85. The van der Waals surface area contributed by atoms with Crippen LogP contribution in [0.2, 0.25) is 5.02 Å². The first-order valence-corrected chi connectivity index (χ1v) is 8.01. The smallest absolute Gasteiger partial charge is 0.340 e. The lowest BCUT2D eigenvalue weighted by molar-refractivity contribution is -0.130. The zero-order chi connectivity index (χ0) is 16.9. The van der Waals surface area contributed by atoms with Crippen LogP contribution in [0.5, 0.6) is 0 Å². The number of thioether (sulfide) groups is 1. The van der Waals surface area contributed by atoms with Crippen molar-refractivity contribution in [2.24, 2.45) is 11.7 Å². The number of nitrogens with two attached hydrogens (primary N) is 1. The van der Waals surface area contributed by atoms with Gasteiger partial charge in [0.2, 0.25) is 0 Å². The molecule has 0 heterocycles. The molecule has 0 bridgehead atoms. The number of hydrogen-bond acceptors (Lipinski definition) is 5. The van der Waals surface area contributed by atoms with Crippen molar-refractivity contribution in [1.29, 1.82) is 0 Å². The number of hydrogen-bond donors (Lipinski definition) is 2. The number of benzene rings is 1. The third-order valence-corrected chi connectivity index (χ3v) is 3.79. The van der Waals surface area contributed by atoms with E-state index in [1.165, 1.54) is 11.8 Å². The predicted octanol–water partition coefficient (Wildman–Crippen LogP) is 2.44. The van der Waals surface area contributed by atoms with Crippen molar-refractivity contribution in [3.8, 4) is 0 Å². The maximum absolute atomic E-state index is 12.2. The number of halogens is 1. The zero-order valence-corrected chi connectivity index (χ0v) is 14.0. The van der Waals surface area contributed by atoms with Gasteiger partial charge in [-0.05, 0) is 30.4 Å². The Bertz CT molecular complexity index is 592. The first-order valence-electron chi connectivity index (χ1n) is 6.41. The van der Waals surface area contributed by atoms with Crippen molar-refractivity contribution in [3.63, 3.8) is 0 Å². The van der Waals surface area contributed by atoms with Gasteiger partial charge in [0.15, 0.2) is 6.10 Å². The lowest BCUT2D eigenvalue weighted by atomic mass is 10.1. The second-order valence-electron chi connectivity index (χ2n) is 4.77. The summed E-state index contributed by atoms with van der Waals surface area (Å²) in [6.07, 6.45) is 0.712. The lowest BCUT2D eigenvalue weighted by Gasteiger charge is -2.20. The number of esters is 1. The summed E-state index contributed by atoms with van der Waals surface area (Å²) in [5.41, 5.74) is 5.06. The molecule has 0 radical (unpaired) electrons. The highest BCUT2D eigenvalue weighted by atomic mass is 35.5. The van der Waals surface area contributed by atoms with Crippen molar-refractivity contribution >= 4 is 41.3 Å². The van der Waals surface area contributed by atoms with E-state index in [-0.39, 0.29) is 16.5 Å². The standard InChI is InChI=1S/C14H17ClN2O4S/c1-7(2)11(12(18)17-14(16)20)21-13(19)9-6-8(22-3)4-5-10(9)15/h4-7,11H,1-3H3,(H3,16,17,18,20)/t11-/m1/s1. The van der Waals surface area contributed by atoms with Gasteiger partial charge < -0.3 is 10.5 Å². The fraction of sp³-hybridized carbons (Fsp3) is 0.357. The highest BCUT2D eigenvalue weighted by molar-refractivity contribution is 7.98. The normalized spacial score (nSPS) is 11.9. The van der Waals surface area contributed by atoms with Gasteiger partial charge >= 0.3 is 12.0 Å². The predicted molar refractivity (Wildman–Crippen MR) is 85.0 cm³/mol. The molecule has 1 aromatic carbocycles. The Kier molecular flexibility index (Phi) is 6.70. The van der Waals surface area contributed by atoms with Crippen molar-refractivity contribution in [1.82, 2.24) is 5.32 Å². The second kappa shape index (κ2) is 8.05. The average molecular weight is 345 g/mol. The largest absolute Gasteiger partial charge is 0.448 e. The molecule has 3 amide bonds. The summed E-state index contributed by atoms with van der Waals surface area (Å²) in [7, 11) is 0. The van der Waals surface area contributed by atoms with Crippen LogP contribution < -0.4 is 11.1 Å². The van der Waals surface area contributed by atoms with Crippen LogP contribution in [0.1, 0.15) is 24.2 Å². The Balaban J connectivity index is 2.96. The molecule has 0 fully saturated rings. The van der Waals surface area contributed by atoms with Gasteiger partial charge in [0.25, 0.3) is 5.91 Å². The van der Waals surface area contributed by atoms with E-state index in [2.05, 4.69) is 0 Å². The van der Waals surface area contributed by atoms with Crippen LogP contribution in [0.15, 0.2) is 23.1 Å². The maximum atomic E-state index is 12.2. The zero-order valence-electron chi connectivity index (χ0n) is 12.4. The maximum Gasteiger partial charge on any atom is 0.340 e. The minimum Gasteiger partial charge on any atom is -0.448 e. The number of ether oxygens (including phenoxy) is 1. The monoisotopic (exact) mass is 344 g/mol. The van der Waals surface area contributed by atoms with Gasteiger partial charge in [-0.15, -0.1) is 11.8 Å². The van der Waals surface area contributed by atoms with E-state index in [1.807, 2.05) is 11.6 Å². The molecule has 0 unspecified atom stereocenters. The van der Waals surface area contributed by atoms with Crippen molar-refractivity contribution in [2.75, 3.05) is 6.26 Å². The molecule has 0 spiro atoms.